The van der Waals surface area contributed by atoms with Crippen LogP contribution in [-0.4, -0.2) is 42.0 Å². The van der Waals surface area contributed by atoms with E-state index in [2.05, 4.69) is 16.8 Å². The average Bonchev–Trinajstić information content (AvgIpc) is 3.11. The molecule has 1 aromatic rings. The van der Waals surface area contributed by atoms with E-state index in [1.54, 1.807) is 6.20 Å². The number of carbonyl (C=O) groups excluding carboxylic acids is 1. The maximum Gasteiger partial charge on any atom is 0.255 e. The minimum Gasteiger partial charge on any atom is -0.357 e. The third kappa shape index (κ3) is 3.54. The van der Waals surface area contributed by atoms with Gasteiger partial charge in [0.05, 0.1) is 5.56 Å². The lowest BCUT2D eigenvalue weighted by molar-refractivity contribution is 0.0697. The first-order valence-corrected chi connectivity index (χ1v) is 10.2. The first-order chi connectivity index (χ1) is 12.2. The molecule has 1 spiro atoms. The van der Waals surface area contributed by atoms with Crippen molar-refractivity contribution in [3.05, 3.63) is 23.9 Å². The van der Waals surface area contributed by atoms with Crippen LogP contribution in [0, 0.1) is 11.3 Å². The highest BCUT2D eigenvalue weighted by atomic mass is 16.2. The molecule has 4 heteroatoms. The van der Waals surface area contributed by atoms with Crippen LogP contribution >= 0.6 is 0 Å². The molecule has 2 aliphatic heterocycles. The van der Waals surface area contributed by atoms with E-state index in [0.29, 0.717) is 5.41 Å². The van der Waals surface area contributed by atoms with Gasteiger partial charge in [-0.2, -0.15) is 0 Å². The van der Waals surface area contributed by atoms with E-state index >= 15 is 0 Å². The number of amides is 1. The van der Waals surface area contributed by atoms with Crippen molar-refractivity contribution in [2.75, 3.05) is 31.1 Å². The normalized spacial score (nSPS) is 24.0. The highest BCUT2D eigenvalue weighted by Gasteiger charge is 2.37. The Morgan fingerprint density at radius 2 is 1.72 bits per heavy atom. The van der Waals surface area contributed by atoms with E-state index < -0.39 is 0 Å². The Morgan fingerprint density at radius 3 is 2.32 bits per heavy atom. The molecule has 4 nitrogen and oxygen atoms in total. The molecule has 0 N–H and O–H groups in total. The molecule has 0 bridgehead atoms. The summed E-state index contributed by atoms with van der Waals surface area (Å²) in [6, 6.07) is 4.02. The molecule has 25 heavy (non-hydrogen) atoms. The molecule has 3 heterocycles. The Hall–Kier alpha value is -1.58. The Labute approximate surface area is 151 Å². The van der Waals surface area contributed by atoms with Crippen molar-refractivity contribution < 1.29 is 4.79 Å². The maximum atomic E-state index is 12.6. The summed E-state index contributed by atoms with van der Waals surface area (Å²) in [5.41, 5.74) is 1.38. The van der Waals surface area contributed by atoms with Crippen LogP contribution in [-0.2, 0) is 0 Å². The monoisotopic (exact) mass is 341 g/mol. The lowest BCUT2D eigenvalue weighted by atomic mass is 9.77. The fourth-order valence-corrected chi connectivity index (χ4v) is 4.93. The molecule has 1 saturated carbocycles. The van der Waals surface area contributed by atoms with Gasteiger partial charge in [0, 0.05) is 32.4 Å². The Kier molecular flexibility index (Phi) is 4.70. The van der Waals surface area contributed by atoms with Crippen LogP contribution in [0.15, 0.2) is 18.3 Å². The van der Waals surface area contributed by atoms with E-state index in [1.165, 1.54) is 38.5 Å². The Balaban J connectivity index is 1.36. The first-order valence-electron chi connectivity index (χ1n) is 10.2. The molecular weight excluding hydrogens is 310 g/mol. The number of anilines is 1. The molecular formula is C21H31N3O. The first kappa shape index (κ1) is 16.9. The zero-order chi connectivity index (χ0) is 17.3. The summed E-state index contributed by atoms with van der Waals surface area (Å²) in [5, 5.41) is 0. The minimum absolute atomic E-state index is 0.148. The summed E-state index contributed by atoms with van der Waals surface area (Å²) in [5.74, 6) is 1.93. The average molecular weight is 341 g/mol. The van der Waals surface area contributed by atoms with Crippen molar-refractivity contribution in [3.63, 3.8) is 0 Å². The van der Waals surface area contributed by atoms with Crippen molar-refractivity contribution in [1.29, 1.82) is 0 Å². The highest BCUT2D eigenvalue weighted by molar-refractivity contribution is 5.94. The van der Waals surface area contributed by atoms with E-state index in [4.69, 9.17) is 0 Å². The molecule has 136 valence electrons. The van der Waals surface area contributed by atoms with E-state index in [0.717, 1.165) is 56.3 Å². The molecule has 3 aliphatic rings. The second-order valence-electron chi connectivity index (χ2n) is 8.57. The number of pyridine rings is 1. The molecule has 0 aromatic carbocycles. The third-order valence-electron chi connectivity index (χ3n) is 6.88. The van der Waals surface area contributed by atoms with Crippen LogP contribution in [0.5, 0.6) is 0 Å². The molecule has 3 fully saturated rings. The minimum atomic E-state index is 0.148. The fraction of sp³-hybridized carbons (Fsp3) is 0.714. The van der Waals surface area contributed by atoms with Crippen molar-refractivity contribution in [2.45, 2.75) is 58.3 Å². The molecule has 0 unspecified atom stereocenters. The third-order valence-corrected chi connectivity index (χ3v) is 6.88. The highest BCUT2D eigenvalue weighted by Crippen LogP contribution is 2.46. The molecule has 0 radical (unpaired) electrons. The van der Waals surface area contributed by atoms with Gasteiger partial charge >= 0.3 is 0 Å². The SMILES string of the molecule is CC1CCN(C(=O)c2ccc(N3CCC4(CCCC4)CC3)nc2)CC1. The number of hydrogen-bond donors (Lipinski definition) is 0. The molecule has 2 saturated heterocycles. The Bertz CT molecular complexity index is 588. The lowest BCUT2D eigenvalue weighted by Gasteiger charge is -2.40. The van der Waals surface area contributed by atoms with Gasteiger partial charge in [-0.15, -0.1) is 0 Å². The Morgan fingerprint density at radius 1 is 1.04 bits per heavy atom. The summed E-state index contributed by atoms with van der Waals surface area (Å²) in [6.07, 6.45) is 12.3. The number of hydrogen-bond acceptors (Lipinski definition) is 3. The van der Waals surface area contributed by atoms with E-state index in [-0.39, 0.29) is 5.91 Å². The van der Waals surface area contributed by atoms with Gasteiger partial charge in [0.25, 0.3) is 5.91 Å². The van der Waals surface area contributed by atoms with Gasteiger partial charge < -0.3 is 9.80 Å². The molecule has 1 aromatic heterocycles. The number of likely N-dealkylation sites (tertiary alicyclic amines) is 1. The van der Waals surface area contributed by atoms with E-state index in [9.17, 15) is 4.79 Å². The number of carbonyl (C=O) groups is 1. The summed E-state index contributed by atoms with van der Waals surface area (Å²) in [6.45, 7) is 6.27. The van der Waals surface area contributed by atoms with Gasteiger partial charge in [0.2, 0.25) is 0 Å². The van der Waals surface area contributed by atoms with Crippen LogP contribution in [0.25, 0.3) is 0 Å². The standard InChI is InChI=1S/C21H31N3O/c1-17-6-12-24(13-7-17)20(25)18-4-5-19(22-16-18)23-14-10-21(11-15-23)8-2-3-9-21/h4-5,16-17H,2-3,6-15H2,1H3. The van der Waals surface area contributed by atoms with Gasteiger partial charge in [-0.25, -0.2) is 4.98 Å². The smallest absolute Gasteiger partial charge is 0.255 e. The summed E-state index contributed by atoms with van der Waals surface area (Å²) < 4.78 is 0. The largest absolute Gasteiger partial charge is 0.357 e. The number of nitrogens with zero attached hydrogens (tertiary/aromatic N) is 3. The molecule has 0 atom stereocenters. The van der Waals surface area contributed by atoms with Gasteiger partial charge in [0.1, 0.15) is 5.82 Å². The predicted octanol–water partition coefficient (Wildman–Crippen LogP) is 4.11. The van der Waals surface area contributed by atoms with Gasteiger partial charge in [-0.1, -0.05) is 19.8 Å². The zero-order valence-electron chi connectivity index (χ0n) is 15.5. The summed E-state index contributed by atoms with van der Waals surface area (Å²) in [4.78, 5) is 21.7. The maximum absolute atomic E-state index is 12.6. The molecule has 1 amide bonds. The second-order valence-corrected chi connectivity index (χ2v) is 8.57. The van der Waals surface area contributed by atoms with Gasteiger partial charge in [0.15, 0.2) is 0 Å². The molecule has 1 aliphatic carbocycles. The second kappa shape index (κ2) is 6.97. The van der Waals surface area contributed by atoms with E-state index in [1.807, 2.05) is 17.0 Å². The summed E-state index contributed by atoms with van der Waals surface area (Å²) in [7, 11) is 0. The fourth-order valence-electron chi connectivity index (χ4n) is 4.93. The number of rotatable bonds is 2. The van der Waals surface area contributed by atoms with Crippen LogP contribution in [0.2, 0.25) is 0 Å². The van der Waals surface area contributed by atoms with Crippen molar-refractivity contribution in [2.24, 2.45) is 11.3 Å². The van der Waals surface area contributed by atoms with Crippen molar-refractivity contribution in [1.82, 2.24) is 9.88 Å². The van der Waals surface area contributed by atoms with Crippen LogP contribution in [0.3, 0.4) is 0 Å². The topological polar surface area (TPSA) is 36.4 Å². The van der Waals surface area contributed by atoms with Gasteiger partial charge in [-0.3, -0.25) is 4.79 Å². The zero-order valence-corrected chi connectivity index (χ0v) is 15.5. The lowest BCUT2D eigenvalue weighted by Crippen LogP contribution is -2.39. The van der Waals surface area contributed by atoms with Crippen LogP contribution < -0.4 is 4.90 Å². The predicted molar refractivity (Wildman–Crippen MR) is 101 cm³/mol. The van der Waals surface area contributed by atoms with Gasteiger partial charge in [-0.05, 0) is 62.0 Å². The number of aromatic nitrogens is 1. The molecule has 4 rings (SSSR count). The van der Waals surface area contributed by atoms with Crippen LogP contribution in [0.1, 0.15) is 68.6 Å². The summed E-state index contributed by atoms with van der Waals surface area (Å²) >= 11 is 0. The quantitative estimate of drug-likeness (QED) is 0.812. The van der Waals surface area contributed by atoms with Crippen molar-refractivity contribution in [3.8, 4) is 0 Å². The van der Waals surface area contributed by atoms with Crippen molar-refractivity contribution >= 4 is 11.7 Å². The van der Waals surface area contributed by atoms with Crippen LogP contribution in [0.4, 0.5) is 5.82 Å². The number of piperidine rings is 2.